The fourth-order valence-electron chi connectivity index (χ4n) is 2.33. The summed E-state index contributed by atoms with van der Waals surface area (Å²) in [6, 6.07) is 5.99. The van der Waals surface area contributed by atoms with Crippen LogP contribution in [0.5, 0.6) is 0 Å². The van der Waals surface area contributed by atoms with E-state index in [0.717, 1.165) is 23.1 Å². The number of ether oxygens (including phenoxy) is 1. The Morgan fingerprint density at radius 2 is 2.00 bits per heavy atom. The van der Waals surface area contributed by atoms with Gasteiger partial charge in [0.25, 0.3) is 0 Å². The molecule has 0 aliphatic rings. The van der Waals surface area contributed by atoms with Gasteiger partial charge in [-0.3, -0.25) is 4.79 Å². The summed E-state index contributed by atoms with van der Waals surface area (Å²) in [5.74, 6) is 0.679. The van der Waals surface area contributed by atoms with Crippen molar-refractivity contribution < 1.29 is 9.53 Å². The molecular weight excluding hydrogens is 248 g/mol. The molecule has 0 aliphatic carbocycles. The number of unbranched alkanes of at least 4 members (excludes halogenated alkanes) is 1. The normalized spacial score (nSPS) is 12.4. The minimum atomic E-state index is 0.0940. The van der Waals surface area contributed by atoms with Crippen LogP contribution in [0.15, 0.2) is 18.2 Å². The zero-order valence-corrected chi connectivity index (χ0v) is 13.4. The number of ketones is 1. The van der Waals surface area contributed by atoms with Gasteiger partial charge in [0.15, 0.2) is 5.78 Å². The number of carbonyl (C=O) groups excluding carboxylic acids is 1. The van der Waals surface area contributed by atoms with Crippen LogP contribution in [0.2, 0.25) is 0 Å². The van der Waals surface area contributed by atoms with E-state index in [1.807, 2.05) is 32.0 Å². The predicted octanol–water partition coefficient (Wildman–Crippen LogP) is 4.72. The molecule has 1 aromatic carbocycles. The summed E-state index contributed by atoms with van der Waals surface area (Å²) >= 11 is 0. The summed E-state index contributed by atoms with van der Waals surface area (Å²) in [4.78, 5) is 12.2. The Hall–Kier alpha value is -1.15. The molecule has 0 spiro atoms. The van der Waals surface area contributed by atoms with Crippen molar-refractivity contribution in [1.82, 2.24) is 0 Å². The standard InChI is InChI=1S/C18H28O2/c1-5-7-8-16(6-2)12-20-13-18(19)17-11-14(3)9-10-15(17)4/h9-11,16H,5-8,12-13H2,1-4H3. The van der Waals surface area contributed by atoms with Crippen LogP contribution in [0, 0.1) is 19.8 Å². The molecule has 0 fully saturated rings. The SMILES string of the molecule is CCCCC(CC)COCC(=O)c1cc(C)ccc1C. The van der Waals surface area contributed by atoms with Crippen LogP contribution in [0.3, 0.4) is 0 Å². The van der Waals surface area contributed by atoms with E-state index >= 15 is 0 Å². The highest BCUT2D eigenvalue weighted by molar-refractivity contribution is 5.98. The van der Waals surface area contributed by atoms with Gasteiger partial charge < -0.3 is 4.74 Å². The zero-order chi connectivity index (χ0) is 15.0. The molecule has 0 saturated heterocycles. The lowest BCUT2D eigenvalue weighted by Gasteiger charge is -2.14. The number of rotatable bonds is 9. The lowest BCUT2D eigenvalue weighted by molar-refractivity contribution is 0.0658. The van der Waals surface area contributed by atoms with Crippen LogP contribution in [0.25, 0.3) is 0 Å². The number of benzene rings is 1. The van der Waals surface area contributed by atoms with Crippen molar-refractivity contribution in [1.29, 1.82) is 0 Å². The number of hydrogen-bond donors (Lipinski definition) is 0. The third kappa shape index (κ3) is 5.46. The number of hydrogen-bond acceptors (Lipinski definition) is 2. The Labute approximate surface area is 123 Å². The molecule has 0 radical (unpaired) electrons. The molecular formula is C18H28O2. The van der Waals surface area contributed by atoms with E-state index in [-0.39, 0.29) is 12.4 Å². The summed E-state index contributed by atoms with van der Waals surface area (Å²) in [6.07, 6.45) is 4.78. The molecule has 0 bridgehead atoms. The predicted molar refractivity (Wildman–Crippen MR) is 84.4 cm³/mol. The lowest BCUT2D eigenvalue weighted by Crippen LogP contribution is -2.15. The third-order valence-corrected chi connectivity index (χ3v) is 3.82. The van der Waals surface area contributed by atoms with E-state index < -0.39 is 0 Å². The van der Waals surface area contributed by atoms with E-state index in [2.05, 4.69) is 13.8 Å². The quantitative estimate of drug-likeness (QED) is 0.610. The first-order chi connectivity index (χ1) is 9.58. The highest BCUT2D eigenvalue weighted by Crippen LogP contribution is 2.14. The molecule has 1 atom stereocenters. The molecule has 1 unspecified atom stereocenters. The maximum atomic E-state index is 12.2. The summed E-state index contributed by atoms with van der Waals surface area (Å²) in [5.41, 5.74) is 2.95. The largest absolute Gasteiger partial charge is 0.373 e. The first-order valence-corrected chi connectivity index (χ1v) is 7.76. The molecule has 0 N–H and O–H groups in total. The summed E-state index contributed by atoms with van der Waals surface area (Å²) < 4.78 is 5.65. The Morgan fingerprint density at radius 3 is 2.65 bits per heavy atom. The second-order valence-corrected chi connectivity index (χ2v) is 5.67. The minimum Gasteiger partial charge on any atom is -0.373 e. The van der Waals surface area contributed by atoms with Crippen molar-refractivity contribution in [3.63, 3.8) is 0 Å². The van der Waals surface area contributed by atoms with Crippen LogP contribution >= 0.6 is 0 Å². The highest BCUT2D eigenvalue weighted by atomic mass is 16.5. The Balaban J connectivity index is 2.44. The Bertz CT molecular complexity index is 423. The van der Waals surface area contributed by atoms with Crippen LogP contribution in [0.4, 0.5) is 0 Å². The maximum Gasteiger partial charge on any atom is 0.188 e. The van der Waals surface area contributed by atoms with Gasteiger partial charge in [-0.15, -0.1) is 0 Å². The molecule has 1 aromatic rings. The van der Waals surface area contributed by atoms with Gasteiger partial charge in [-0.2, -0.15) is 0 Å². The van der Waals surface area contributed by atoms with Gasteiger partial charge in [-0.1, -0.05) is 50.8 Å². The van der Waals surface area contributed by atoms with Gasteiger partial charge in [0, 0.05) is 12.2 Å². The minimum absolute atomic E-state index is 0.0940. The first kappa shape index (κ1) is 16.9. The monoisotopic (exact) mass is 276 g/mol. The molecule has 0 aliphatic heterocycles. The van der Waals surface area contributed by atoms with Crippen molar-refractivity contribution in [3.05, 3.63) is 34.9 Å². The molecule has 0 aromatic heterocycles. The maximum absolute atomic E-state index is 12.2. The zero-order valence-electron chi connectivity index (χ0n) is 13.4. The highest BCUT2D eigenvalue weighted by Gasteiger charge is 2.11. The van der Waals surface area contributed by atoms with E-state index in [0.29, 0.717) is 12.5 Å². The molecule has 0 saturated carbocycles. The van der Waals surface area contributed by atoms with Crippen LogP contribution < -0.4 is 0 Å². The number of carbonyl (C=O) groups is 1. The molecule has 0 amide bonds. The topological polar surface area (TPSA) is 26.3 Å². The second kappa shape index (κ2) is 8.91. The van der Waals surface area contributed by atoms with Crippen molar-refractivity contribution in [2.75, 3.05) is 13.2 Å². The van der Waals surface area contributed by atoms with E-state index in [9.17, 15) is 4.79 Å². The Kier molecular flexibility index (Phi) is 7.53. The summed E-state index contributed by atoms with van der Waals surface area (Å²) in [7, 11) is 0. The van der Waals surface area contributed by atoms with Crippen LogP contribution in [-0.4, -0.2) is 19.0 Å². The van der Waals surface area contributed by atoms with Gasteiger partial charge in [0.1, 0.15) is 6.61 Å². The molecule has 1 rings (SSSR count). The van der Waals surface area contributed by atoms with Gasteiger partial charge in [-0.05, 0) is 37.8 Å². The fourth-order valence-corrected chi connectivity index (χ4v) is 2.33. The first-order valence-electron chi connectivity index (χ1n) is 7.76. The fraction of sp³-hybridized carbons (Fsp3) is 0.611. The van der Waals surface area contributed by atoms with Crippen molar-refractivity contribution in [3.8, 4) is 0 Å². The van der Waals surface area contributed by atoms with Gasteiger partial charge in [0.05, 0.1) is 0 Å². The van der Waals surface area contributed by atoms with Gasteiger partial charge in [-0.25, -0.2) is 0 Å². The Morgan fingerprint density at radius 1 is 1.25 bits per heavy atom. The number of Topliss-reactive ketones (excluding diaryl/α,β-unsaturated/α-hetero) is 1. The van der Waals surface area contributed by atoms with Crippen molar-refractivity contribution >= 4 is 5.78 Å². The van der Waals surface area contributed by atoms with Crippen molar-refractivity contribution in [2.24, 2.45) is 5.92 Å². The summed E-state index contributed by atoms with van der Waals surface area (Å²) in [6.45, 7) is 9.28. The second-order valence-electron chi connectivity index (χ2n) is 5.67. The molecule has 20 heavy (non-hydrogen) atoms. The number of aryl methyl sites for hydroxylation is 2. The lowest BCUT2D eigenvalue weighted by atomic mass is 10.0. The van der Waals surface area contributed by atoms with Gasteiger partial charge in [0.2, 0.25) is 0 Å². The molecule has 2 heteroatoms. The third-order valence-electron chi connectivity index (χ3n) is 3.82. The molecule has 2 nitrogen and oxygen atoms in total. The van der Waals surface area contributed by atoms with Crippen molar-refractivity contribution in [2.45, 2.75) is 53.4 Å². The summed E-state index contributed by atoms with van der Waals surface area (Å²) in [5, 5.41) is 0. The smallest absolute Gasteiger partial charge is 0.188 e. The average molecular weight is 276 g/mol. The molecule has 0 heterocycles. The van der Waals surface area contributed by atoms with Crippen LogP contribution in [0.1, 0.15) is 61.0 Å². The van der Waals surface area contributed by atoms with E-state index in [1.165, 1.54) is 19.3 Å². The molecule has 112 valence electrons. The average Bonchev–Trinajstić information content (AvgIpc) is 2.45. The van der Waals surface area contributed by atoms with Crippen LogP contribution in [-0.2, 0) is 4.74 Å². The van der Waals surface area contributed by atoms with Gasteiger partial charge >= 0.3 is 0 Å². The van der Waals surface area contributed by atoms with E-state index in [4.69, 9.17) is 4.74 Å². The van der Waals surface area contributed by atoms with E-state index in [1.54, 1.807) is 0 Å².